The van der Waals surface area contributed by atoms with Crippen LogP contribution in [0.2, 0.25) is 0 Å². The van der Waals surface area contributed by atoms with E-state index < -0.39 is 5.97 Å². The lowest BCUT2D eigenvalue weighted by Gasteiger charge is -2.05. The van der Waals surface area contributed by atoms with E-state index in [4.69, 9.17) is 5.11 Å². The van der Waals surface area contributed by atoms with Crippen LogP contribution in [0.3, 0.4) is 0 Å². The fourth-order valence-electron chi connectivity index (χ4n) is 1.31. The van der Waals surface area contributed by atoms with Crippen LogP contribution < -0.4 is 0 Å². The van der Waals surface area contributed by atoms with Crippen LogP contribution in [0.4, 0.5) is 0 Å². The predicted octanol–water partition coefficient (Wildman–Crippen LogP) is 2.69. The average molecular weight is 243 g/mol. The maximum absolute atomic E-state index is 10.5. The van der Waals surface area contributed by atoms with E-state index in [0.29, 0.717) is 0 Å². The number of rotatable bonds is 2. The molecule has 0 fully saturated rings. The average Bonchev–Trinajstić information content (AvgIpc) is 1.98. The SMILES string of the molecule is Cc1cc(CC(=O)O)cc(C)c1Br. The molecule has 0 spiro atoms. The minimum Gasteiger partial charge on any atom is -0.481 e. The molecule has 0 aromatic heterocycles. The highest BCUT2D eigenvalue weighted by Gasteiger charge is 2.05. The molecule has 0 aliphatic heterocycles. The largest absolute Gasteiger partial charge is 0.481 e. The van der Waals surface area contributed by atoms with Gasteiger partial charge in [0.25, 0.3) is 0 Å². The summed E-state index contributed by atoms with van der Waals surface area (Å²) in [4.78, 5) is 10.5. The second-order valence-corrected chi connectivity index (χ2v) is 3.91. The van der Waals surface area contributed by atoms with Crippen molar-refractivity contribution in [3.05, 3.63) is 33.3 Å². The number of benzene rings is 1. The molecule has 0 unspecified atom stereocenters. The van der Waals surface area contributed by atoms with Crippen LogP contribution in [-0.4, -0.2) is 11.1 Å². The summed E-state index contributed by atoms with van der Waals surface area (Å²) in [6, 6.07) is 3.79. The van der Waals surface area contributed by atoms with Gasteiger partial charge in [0.05, 0.1) is 6.42 Å². The Bertz CT molecular complexity index is 322. The minimum absolute atomic E-state index is 0.0922. The molecule has 0 bridgehead atoms. The van der Waals surface area contributed by atoms with E-state index >= 15 is 0 Å². The summed E-state index contributed by atoms with van der Waals surface area (Å²) in [7, 11) is 0. The zero-order valence-corrected chi connectivity index (χ0v) is 9.18. The number of hydrogen-bond donors (Lipinski definition) is 1. The van der Waals surface area contributed by atoms with Crippen molar-refractivity contribution in [1.29, 1.82) is 0 Å². The summed E-state index contributed by atoms with van der Waals surface area (Å²) in [5, 5.41) is 8.61. The third kappa shape index (κ3) is 2.56. The third-order valence-corrected chi connectivity index (χ3v) is 3.10. The molecule has 0 saturated carbocycles. The quantitative estimate of drug-likeness (QED) is 0.866. The number of carbonyl (C=O) groups is 1. The van der Waals surface area contributed by atoms with Crippen molar-refractivity contribution in [2.24, 2.45) is 0 Å². The zero-order valence-electron chi connectivity index (χ0n) is 7.60. The van der Waals surface area contributed by atoms with Gasteiger partial charge in [-0.25, -0.2) is 0 Å². The molecule has 70 valence electrons. The topological polar surface area (TPSA) is 37.3 Å². The first-order valence-electron chi connectivity index (χ1n) is 3.98. The van der Waals surface area contributed by atoms with Crippen molar-refractivity contribution >= 4 is 21.9 Å². The van der Waals surface area contributed by atoms with Gasteiger partial charge in [-0.2, -0.15) is 0 Å². The van der Waals surface area contributed by atoms with E-state index in [0.717, 1.165) is 21.2 Å². The van der Waals surface area contributed by atoms with E-state index in [9.17, 15) is 4.79 Å². The molecule has 0 aliphatic carbocycles. The van der Waals surface area contributed by atoms with Gasteiger partial charge in [0.2, 0.25) is 0 Å². The summed E-state index contributed by atoms with van der Waals surface area (Å²) in [5.74, 6) is -0.791. The van der Waals surface area contributed by atoms with Crippen LogP contribution >= 0.6 is 15.9 Å². The standard InChI is InChI=1S/C10H11BrO2/c1-6-3-8(5-9(12)13)4-7(2)10(6)11/h3-4H,5H2,1-2H3,(H,12,13). The van der Waals surface area contributed by atoms with Gasteiger partial charge in [-0.15, -0.1) is 0 Å². The number of halogens is 1. The van der Waals surface area contributed by atoms with Crippen molar-refractivity contribution in [3.63, 3.8) is 0 Å². The van der Waals surface area contributed by atoms with Gasteiger partial charge in [-0.05, 0) is 30.5 Å². The Morgan fingerprint density at radius 1 is 1.38 bits per heavy atom. The fourth-order valence-corrected chi connectivity index (χ4v) is 1.54. The first kappa shape index (κ1) is 10.3. The molecule has 0 atom stereocenters. The molecular weight excluding hydrogens is 232 g/mol. The highest BCUT2D eigenvalue weighted by Crippen LogP contribution is 2.22. The summed E-state index contributed by atoms with van der Waals surface area (Å²) in [5.41, 5.74) is 3.01. The van der Waals surface area contributed by atoms with E-state index in [1.807, 2.05) is 26.0 Å². The van der Waals surface area contributed by atoms with Crippen molar-refractivity contribution in [2.45, 2.75) is 20.3 Å². The molecule has 2 nitrogen and oxygen atoms in total. The van der Waals surface area contributed by atoms with Crippen LogP contribution in [0.1, 0.15) is 16.7 Å². The molecule has 0 amide bonds. The second kappa shape index (κ2) is 3.92. The molecule has 0 heterocycles. The summed E-state index contributed by atoms with van der Waals surface area (Å²) in [6.07, 6.45) is 0.0922. The molecule has 1 aromatic carbocycles. The maximum Gasteiger partial charge on any atom is 0.307 e. The highest BCUT2D eigenvalue weighted by molar-refractivity contribution is 9.10. The molecule has 0 aliphatic rings. The van der Waals surface area contributed by atoms with Crippen molar-refractivity contribution in [1.82, 2.24) is 0 Å². The van der Waals surface area contributed by atoms with Gasteiger partial charge in [0.1, 0.15) is 0 Å². The van der Waals surface area contributed by atoms with Crippen molar-refractivity contribution in [2.75, 3.05) is 0 Å². The minimum atomic E-state index is -0.791. The lowest BCUT2D eigenvalue weighted by molar-refractivity contribution is -0.136. The highest BCUT2D eigenvalue weighted by atomic mass is 79.9. The van der Waals surface area contributed by atoms with Gasteiger partial charge in [0.15, 0.2) is 0 Å². The molecule has 0 saturated heterocycles. The van der Waals surface area contributed by atoms with Crippen LogP contribution in [0.5, 0.6) is 0 Å². The molecule has 13 heavy (non-hydrogen) atoms. The van der Waals surface area contributed by atoms with E-state index in [1.165, 1.54) is 0 Å². The van der Waals surface area contributed by atoms with E-state index in [2.05, 4.69) is 15.9 Å². The van der Waals surface area contributed by atoms with Crippen LogP contribution in [0, 0.1) is 13.8 Å². The molecule has 3 heteroatoms. The monoisotopic (exact) mass is 242 g/mol. The second-order valence-electron chi connectivity index (χ2n) is 3.11. The van der Waals surface area contributed by atoms with Gasteiger partial charge >= 0.3 is 5.97 Å². The molecule has 1 aromatic rings. The first-order chi connectivity index (χ1) is 6.00. The number of aryl methyl sites for hydroxylation is 2. The predicted molar refractivity (Wildman–Crippen MR) is 55.0 cm³/mol. The lowest BCUT2D eigenvalue weighted by atomic mass is 10.1. The number of hydrogen-bond acceptors (Lipinski definition) is 1. The number of aliphatic carboxylic acids is 1. The van der Waals surface area contributed by atoms with Gasteiger partial charge < -0.3 is 5.11 Å². The fraction of sp³-hybridized carbons (Fsp3) is 0.300. The zero-order chi connectivity index (χ0) is 10.0. The van der Waals surface area contributed by atoms with Crippen LogP contribution in [0.15, 0.2) is 16.6 Å². The normalized spacial score (nSPS) is 10.1. The van der Waals surface area contributed by atoms with Crippen molar-refractivity contribution < 1.29 is 9.90 Å². The Labute approximate surface area is 85.7 Å². The third-order valence-electron chi connectivity index (χ3n) is 1.85. The molecule has 0 radical (unpaired) electrons. The van der Waals surface area contributed by atoms with E-state index in [1.54, 1.807) is 0 Å². The molecule has 1 rings (SSSR count). The molecule has 1 N–H and O–H groups in total. The maximum atomic E-state index is 10.5. The first-order valence-corrected chi connectivity index (χ1v) is 4.77. The Kier molecular flexibility index (Phi) is 3.09. The summed E-state index contributed by atoms with van der Waals surface area (Å²) in [6.45, 7) is 3.92. The summed E-state index contributed by atoms with van der Waals surface area (Å²) >= 11 is 3.43. The van der Waals surface area contributed by atoms with Gasteiger partial charge in [-0.3, -0.25) is 4.79 Å². The summed E-state index contributed by atoms with van der Waals surface area (Å²) < 4.78 is 1.06. The van der Waals surface area contributed by atoms with Crippen LogP contribution in [-0.2, 0) is 11.2 Å². The Hall–Kier alpha value is -0.830. The van der Waals surface area contributed by atoms with Crippen molar-refractivity contribution in [3.8, 4) is 0 Å². The lowest BCUT2D eigenvalue weighted by Crippen LogP contribution is -2.01. The number of carboxylic acids is 1. The van der Waals surface area contributed by atoms with E-state index in [-0.39, 0.29) is 6.42 Å². The smallest absolute Gasteiger partial charge is 0.307 e. The Morgan fingerprint density at radius 3 is 2.23 bits per heavy atom. The van der Waals surface area contributed by atoms with Crippen LogP contribution in [0.25, 0.3) is 0 Å². The Morgan fingerprint density at radius 2 is 1.85 bits per heavy atom. The molecular formula is C10H11BrO2. The Balaban J connectivity index is 3.06. The van der Waals surface area contributed by atoms with Gasteiger partial charge in [-0.1, -0.05) is 28.1 Å². The number of carboxylic acid groups (broad SMARTS) is 1. The van der Waals surface area contributed by atoms with Gasteiger partial charge in [0, 0.05) is 4.47 Å².